The highest BCUT2D eigenvalue weighted by molar-refractivity contribution is 7.92. The van der Waals surface area contributed by atoms with Gasteiger partial charge in [-0.25, -0.2) is 8.42 Å². The Labute approximate surface area is 187 Å². The number of piperazine rings is 1. The van der Waals surface area contributed by atoms with E-state index < -0.39 is 10.0 Å². The Balaban J connectivity index is 1.41. The van der Waals surface area contributed by atoms with Crippen molar-refractivity contribution in [2.45, 2.75) is 18.4 Å². The predicted octanol–water partition coefficient (Wildman–Crippen LogP) is 3.82. The van der Waals surface area contributed by atoms with Gasteiger partial charge in [0.05, 0.1) is 4.90 Å². The molecule has 0 bridgehead atoms. The van der Waals surface area contributed by atoms with E-state index in [1.54, 1.807) is 40.5 Å². The average Bonchev–Trinajstić information content (AvgIpc) is 3.28. The van der Waals surface area contributed by atoms with E-state index >= 15 is 0 Å². The molecule has 4 rings (SSSR count). The van der Waals surface area contributed by atoms with Crippen LogP contribution in [0.2, 0.25) is 0 Å². The van der Waals surface area contributed by atoms with Crippen LogP contribution in [0, 0.1) is 6.92 Å². The zero-order valence-corrected chi connectivity index (χ0v) is 19.0. The van der Waals surface area contributed by atoms with Gasteiger partial charge in [0.15, 0.2) is 0 Å². The van der Waals surface area contributed by atoms with Crippen LogP contribution in [0.1, 0.15) is 21.5 Å². The van der Waals surface area contributed by atoms with E-state index in [1.165, 1.54) is 17.7 Å². The minimum Gasteiger partial charge on any atom is -0.336 e. The third kappa shape index (κ3) is 5.33. The number of hydrogen-bond acceptors (Lipinski definition) is 5. The lowest BCUT2D eigenvalue weighted by Crippen LogP contribution is -2.48. The number of nitrogens with zero attached hydrogens (tertiary/aromatic N) is 2. The van der Waals surface area contributed by atoms with E-state index in [4.69, 9.17) is 0 Å². The van der Waals surface area contributed by atoms with E-state index in [0.29, 0.717) is 24.3 Å². The molecule has 1 fully saturated rings. The molecular formula is C23H25N3O3S2. The fourth-order valence-electron chi connectivity index (χ4n) is 3.56. The van der Waals surface area contributed by atoms with E-state index in [9.17, 15) is 13.2 Å². The molecule has 1 saturated heterocycles. The normalized spacial score (nSPS) is 15.1. The van der Waals surface area contributed by atoms with Crippen molar-refractivity contribution in [1.82, 2.24) is 9.80 Å². The van der Waals surface area contributed by atoms with Crippen LogP contribution in [0.15, 0.2) is 70.3 Å². The number of carbonyl (C=O) groups is 1. The van der Waals surface area contributed by atoms with Crippen molar-refractivity contribution in [1.29, 1.82) is 0 Å². The Hall–Kier alpha value is -2.68. The molecule has 1 aliphatic rings. The zero-order chi connectivity index (χ0) is 21.8. The summed E-state index contributed by atoms with van der Waals surface area (Å²) in [6.07, 6.45) is 0. The third-order valence-electron chi connectivity index (χ3n) is 5.34. The van der Waals surface area contributed by atoms with Crippen LogP contribution in [-0.2, 0) is 16.6 Å². The summed E-state index contributed by atoms with van der Waals surface area (Å²) < 4.78 is 28.2. The van der Waals surface area contributed by atoms with Crippen molar-refractivity contribution in [3.05, 3.63) is 82.0 Å². The highest BCUT2D eigenvalue weighted by Crippen LogP contribution is 2.19. The second kappa shape index (κ2) is 9.21. The fraction of sp³-hybridized carbons (Fsp3) is 0.261. The van der Waals surface area contributed by atoms with Crippen LogP contribution in [-0.4, -0.2) is 50.3 Å². The standard InChI is InChI=1S/C23H25N3O3S2/c1-18-5-7-21(8-6-18)24-31(28,29)22-4-2-3-20(15-22)23(27)26-12-10-25(11-13-26)16-19-9-14-30-17-19/h2-9,14-15,17,24H,10-13,16H2,1H3. The number of aryl methyl sites for hydroxylation is 1. The Morgan fingerprint density at radius 2 is 1.77 bits per heavy atom. The molecule has 6 nitrogen and oxygen atoms in total. The van der Waals surface area contributed by atoms with Gasteiger partial charge >= 0.3 is 0 Å². The van der Waals surface area contributed by atoms with Gasteiger partial charge in [-0.3, -0.25) is 14.4 Å². The van der Waals surface area contributed by atoms with Crippen molar-refractivity contribution in [3.63, 3.8) is 0 Å². The smallest absolute Gasteiger partial charge is 0.261 e. The van der Waals surface area contributed by atoms with Gasteiger partial charge in [0.2, 0.25) is 0 Å². The summed E-state index contributed by atoms with van der Waals surface area (Å²) in [4.78, 5) is 17.2. The van der Waals surface area contributed by atoms with Gasteiger partial charge in [-0.1, -0.05) is 23.8 Å². The number of carbonyl (C=O) groups excluding carboxylic acids is 1. The topological polar surface area (TPSA) is 69.7 Å². The first kappa shape index (κ1) is 21.5. The van der Waals surface area contributed by atoms with Crippen LogP contribution in [0.3, 0.4) is 0 Å². The summed E-state index contributed by atoms with van der Waals surface area (Å²) in [5.74, 6) is -0.137. The summed E-state index contributed by atoms with van der Waals surface area (Å²) >= 11 is 1.69. The molecule has 31 heavy (non-hydrogen) atoms. The average molecular weight is 456 g/mol. The fourth-order valence-corrected chi connectivity index (χ4v) is 5.33. The molecule has 1 amide bonds. The minimum absolute atomic E-state index is 0.0787. The maximum absolute atomic E-state index is 13.0. The van der Waals surface area contributed by atoms with E-state index in [-0.39, 0.29) is 10.8 Å². The first-order valence-corrected chi connectivity index (χ1v) is 12.6. The van der Waals surface area contributed by atoms with Crippen LogP contribution in [0.5, 0.6) is 0 Å². The molecule has 8 heteroatoms. The van der Waals surface area contributed by atoms with Gasteiger partial charge in [0.25, 0.3) is 15.9 Å². The SMILES string of the molecule is Cc1ccc(NS(=O)(=O)c2cccc(C(=O)N3CCN(Cc4ccsc4)CC3)c2)cc1. The number of benzene rings is 2. The molecule has 1 aliphatic heterocycles. The Morgan fingerprint density at radius 1 is 1.03 bits per heavy atom. The van der Waals surface area contributed by atoms with Gasteiger partial charge in [-0.05, 0) is 59.6 Å². The van der Waals surface area contributed by atoms with Crippen LogP contribution in [0.4, 0.5) is 5.69 Å². The van der Waals surface area contributed by atoms with E-state index in [1.807, 2.05) is 19.1 Å². The van der Waals surface area contributed by atoms with E-state index in [2.05, 4.69) is 26.4 Å². The summed E-state index contributed by atoms with van der Waals surface area (Å²) in [6.45, 7) is 5.69. The summed E-state index contributed by atoms with van der Waals surface area (Å²) in [5.41, 5.74) is 3.22. The van der Waals surface area contributed by atoms with Crippen molar-refractivity contribution >= 4 is 33.0 Å². The highest BCUT2D eigenvalue weighted by Gasteiger charge is 2.24. The molecule has 162 valence electrons. The van der Waals surface area contributed by atoms with Crippen LogP contribution in [0.25, 0.3) is 0 Å². The van der Waals surface area contributed by atoms with Gasteiger partial charge in [-0.15, -0.1) is 0 Å². The molecule has 2 heterocycles. The van der Waals surface area contributed by atoms with Crippen molar-refractivity contribution < 1.29 is 13.2 Å². The molecule has 0 aliphatic carbocycles. The number of sulfonamides is 1. The maximum atomic E-state index is 13.0. The Bertz CT molecular complexity index is 1140. The molecule has 1 N–H and O–H groups in total. The summed E-state index contributed by atoms with van der Waals surface area (Å²) in [5, 5.41) is 4.22. The summed E-state index contributed by atoms with van der Waals surface area (Å²) in [7, 11) is -3.78. The predicted molar refractivity (Wildman–Crippen MR) is 124 cm³/mol. The number of anilines is 1. The van der Waals surface area contributed by atoms with Gasteiger partial charge in [0, 0.05) is 44.0 Å². The second-order valence-corrected chi connectivity index (χ2v) is 10.2. The molecule has 0 saturated carbocycles. The largest absolute Gasteiger partial charge is 0.336 e. The maximum Gasteiger partial charge on any atom is 0.261 e. The lowest BCUT2D eigenvalue weighted by Gasteiger charge is -2.34. The quantitative estimate of drug-likeness (QED) is 0.614. The molecule has 3 aromatic rings. The van der Waals surface area contributed by atoms with Gasteiger partial charge in [0.1, 0.15) is 0 Å². The molecule has 0 unspecified atom stereocenters. The third-order valence-corrected chi connectivity index (χ3v) is 7.45. The van der Waals surface area contributed by atoms with Crippen LogP contribution < -0.4 is 4.72 Å². The van der Waals surface area contributed by atoms with Crippen LogP contribution >= 0.6 is 11.3 Å². The van der Waals surface area contributed by atoms with Gasteiger partial charge in [-0.2, -0.15) is 11.3 Å². The van der Waals surface area contributed by atoms with Crippen molar-refractivity contribution in [3.8, 4) is 0 Å². The number of thiophene rings is 1. The number of amides is 1. The molecule has 0 radical (unpaired) electrons. The monoisotopic (exact) mass is 455 g/mol. The number of hydrogen-bond donors (Lipinski definition) is 1. The Morgan fingerprint density at radius 3 is 2.45 bits per heavy atom. The highest BCUT2D eigenvalue weighted by atomic mass is 32.2. The molecule has 0 atom stereocenters. The van der Waals surface area contributed by atoms with Gasteiger partial charge < -0.3 is 4.90 Å². The summed E-state index contributed by atoms with van der Waals surface area (Å²) in [6, 6.07) is 15.5. The molecule has 0 spiro atoms. The molecule has 2 aromatic carbocycles. The lowest BCUT2D eigenvalue weighted by atomic mass is 10.1. The first-order chi connectivity index (χ1) is 14.9. The second-order valence-electron chi connectivity index (χ2n) is 7.70. The molecule has 1 aromatic heterocycles. The first-order valence-electron chi connectivity index (χ1n) is 10.1. The number of nitrogens with one attached hydrogen (secondary N) is 1. The Kier molecular flexibility index (Phi) is 6.41. The number of rotatable bonds is 6. The minimum atomic E-state index is -3.78. The zero-order valence-electron chi connectivity index (χ0n) is 17.3. The lowest BCUT2D eigenvalue weighted by molar-refractivity contribution is 0.0628. The van der Waals surface area contributed by atoms with Crippen molar-refractivity contribution in [2.75, 3.05) is 30.9 Å². The van der Waals surface area contributed by atoms with E-state index in [0.717, 1.165) is 25.2 Å². The molecular weight excluding hydrogens is 430 g/mol. The van der Waals surface area contributed by atoms with Crippen molar-refractivity contribution in [2.24, 2.45) is 0 Å².